The molecule has 1 unspecified atom stereocenters. The highest BCUT2D eigenvalue weighted by molar-refractivity contribution is 5.86. The first-order chi connectivity index (χ1) is 10.0. The maximum Gasteiger partial charge on any atom is 0.240 e. The van der Waals surface area contributed by atoms with Crippen LogP contribution in [-0.4, -0.2) is 11.4 Å². The van der Waals surface area contributed by atoms with E-state index in [1.54, 1.807) is 0 Å². The molecule has 3 N–H and O–H groups in total. The number of nitrogens with two attached hydrogens (primary N) is 1. The molecule has 1 aromatic rings. The van der Waals surface area contributed by atoms with Crippen molar-refractivity contribution in [3.05, 3.63) is 35.9 Å². The molecule has 3 nitrogen and oxygen atoms in total. The van der Waals surface area contributed by atoms with Gasteiger partial charge in [-0.05, 0) is 24.3 Å². The summed E-state index contributed by atoms with van der Waals surface area (Å²) < 4.78 is 0. The average molecular weight is 290 g/mol. The van der Waals surface area contributed by atoms with Gasteiger partial charge in [0.05, 0.1) is 11.6 Å². The van der Waals surface area contributed by atoms with Crippen LogP contribution in [0.2, 0.25) is 0 Å². The van der Waals surface area contributed by atoms with E-state index in [0.29, 0.717) is 18.8 Å². The van der Waals surface area contributed by atoms with Gasteiger partial charge in [0.2, 0.25) is 5.91 Å². The van der Waals surface area contributed by atoms with E-state index in [1.165, 1.54) is 0 Å². The molecule has 0 aliphatic rings. The molecule has 0 spiro atoms. The van der Waals surface area contributed by atoms with Crippen molar-refractivity contribution in [2.45, 2.75) is 65.0 Å². The van der Waals surface area contributed by atoms with Crippen LogP contribution in [0.3, 0.4) is 0 Å². The minimum absolute atomic E-state index is 0.0340. The van der Waals surface area contributed by atoms with Gasteiger partial charge >= 0.3 is 0 Å². The fourth-order valence-electron chi connectivity index (χ4n) is 2.75. The van der Waals surface area contributed by atoms with Gasteiger partial charge in [-0.25, -0.2) is 0 Å². The fraction of sp³-hybridized carbons (Fsp3) is 0.611. The van der Waals surface area contributed by atoms with Crippen LogP contribution in [0.25, 0.3) is 0 Å². The average Bonchev–Trinajstić information content (AvgIpc) is 2.54. The highest BCUT2D eigenvalue weighted by Gasteiger charge is 2.33. The van der Waals surface area contributed by atoms with Crippen LogP contribution in [0.4, 0.5) is 0 Å². The minimum atomic E-state index is -0.765. The first-order valence-corrected chi connectivity index (χ1v) is 8.17. The second-order valence-corrected chi connectivity index (χ2v) is 5.80. The summed E-state index contributed by atoms with van der Waals surface area (Å²) in [5.41, 5.74) is 6.63. The lowest BCUT2D eigenvalue weighted by molar-refractivity contribution is -0.127. The Bertz CT molecular complexity index is 422. The monoisotopic (exact) mass is 290 g/mol. The summed E-state index contributed by atoms with van der Waals surface area (Å²) >= 11 is 0. The van der Waals surface area contributed by atoms with Crippen molar-refractivity contribution in [2.75, 3.05) is 0 Å². The van der Waals surface area contributed by atoms with E-state index >= 15 is 0 Å². The van der Waals surface area contributed by atoms with Crippen LogP contribution >= 0.6 is 0 Å². The summed E-state index contributed by atoms with van der Waals surface area (Å²) in [6.45, 7) is 8.28. The topological polar surface area (TPSA) is 55.1 Å². The van der Waals surface area contributed by atoms with Crippen LogP contribution in [0, 0.1) is 5.92 Å². The van der Waals surface area contributed by atoms with Crippen molar-refractivity contribution >= 4 is 5.91 Å². The first kappa shape index (κ1) is 17.7. The van der Waals surface area contributed by atoms with Gasteiger partial charge in [0, 0.05) is 0 Å². The Kier molecular flexibility index (Phi) is 6.90. The predicted molar refractivity (Wildman–Crippen MR) is 88.9 cm³/mol. The Hall–Kier alpha value is -1.35. The minimum Gasteiger partial charge on any atom is -0.347 e. The third-order valence-electron chi connectivity index (χ3n) is 4.68. The van der Waals surface area contributed by atoms with Gasteiger partial charge in [-0.2, -0.15) is 0 Å². The molecular weight excluding hydrogens is 260 g/mol. The lowest BCUT2D eigenvalue weighted by Gasteiger charge is -2.32. The Labute approximate surface area is 129 Å². The standard InChI is InChI=1S/C18H30N2O/c1-5-14(6-2)16(15-12-10-9-11-13-15)20-17(21)18(19,7-3)8-4/h9-14,16H,5-8,19H2,1-4H3,(H,20,21). The van der Waals surface area contributed by atoms with Gasteiger partial charge in [0.1, 0.15) is 0 Å². The van der Waals surface area contributed by atoms with Gasteiger partial charge in [0.25, 0.3) is 0 Å². The van der Waals surface area contributed by atoms with E-state index in [-0.39, 0.29) is 11.9 Å². The molecule has 1 atom stereocenters. The predicted octanol–water partition coefficient (Wildman–Crippen LogP) is 3.80. The fourth-order valence-corrected chi connectivity index (χ4v) is 2.75. The van der Waals surface area contributed by atoms with Crippen LogP contribution in [0.15, 0.2) is 30.3 Å². The van der Waals surface area contributed by atoms with E-state index in [1.807, 2.05) is 32.0 Å². The van der Waals surface area contributed by atoms with Gasteiger partial charge in [-0.3, -0.25) is 4.79 Å². The second-order valence-electron chi connectivity index (χ2n) is 5.80. The summed E-state index contributed by atoms with van der Waals surface area (Å²) in [4.78, 5) is 12.6. The number of benzene rings is 1. The maximum absolute atomic E-state index is 12.6. The number of hydrogen-bond donors (Lipinski definition) is 2. The molecule has 0 saturated carbocycles. The van der Waals surface area contributed by atoms with Crippen LogP contribution < -0.4 is 11.1 Å². The molecule has 0 bridgehead atoms. The summed E-state index contributed by atoms with van der Waals surface area (Å²) in [5.74, 6) is 0.391. The van der Waals surface area contributed by atoms with Gasteiger partial charge < -0.3 is 11.1 Å². The Morgan fingerprint density at radius 1 is 1.10 bits per heavy atom. The summed E-state index contributed by atoms with van der Waals surface area (Å²) in [7, 11) is 0. The van der Waals surface area contributed by atoms with Crippen LogP contribution in [-0.2, 0) is 4.79 Å². The molecular formula is C18H30N2O. The number of amides is 1. The second kappa shape index (κ2) is 8.18. The summed E-state index contributed by atoms with van der Waals surface area (Å²) in [5, 5.41) is 3.21. The van der Waals surface area contributed by atoms with Crippen molar-refractivity contribution in [1.29, 1.82) is 0 Å². The zero-order valence-electron chi connectivity index (χ0n) is 13.9. The lowest BCUT2D eigenvalue weighted by Crippen LogP contribution is -2.54. The van der Waals surface area contributed by atoms with Crippen molar-refractivity contribution < 1.29 is 4.79 Å². The van der Waals surface area contributed by atoms with Crippen LogP contribution in [0.1, 0.15) is 65.0 Å². The van der Waals surface area contributed by atoms with E-state index in [0.717, 1.165) is 18.4 Å². The summed E-state index contributed by atoms with van der Waals surface area (Å²) in [6.07, 6.45) is 3.37. The third kappa shape index (κ3) is 4.31. The molecule has 118 valence electrons. The zero-order valence-corrected chi connectivity index (χ0v) is 13.9. The number of nitrogens with one attached hydrogen (secondary N) is 1. The molecule has 0 aliphatic heterocycles. The number of rotatable bonds is 8. The van der Waals surface area contributed by atoms with Crippen molar-refractivity contribution in [2.24, 2.45) is 11.7 Å². The van der Waals surface area contributed by atoms with Crippen molar-refractivity contribution in [3.63, 3.8) is 0 Å². The molecule has 0 fully saturated rings. The molecule has 21 heavy (non-hydrogen) atoms. The van der Waals surface area contributed by atoms with E-state index in [9.17, 15) is 4.79 Å². The largest absolute Gasteiger partial charge is 0.347 e. The molecule has 1 amide bonds. The first-order valence-electron chi connectivity index (χ1n) is 8.17. The van der Waals surface area contributed by atoms with E-state index < -0.39 is 5.54 Å². The molecule has 1 aromatic carbocycles. The molecule has 1 rings (SSSR count). The highest BCUT2D eigenvalue weighted by Crippen LogP contribution is 2.28. The molecule has 0 radical (unpaired) electrons. The Morgan fingerprint density at radius 2 is 1.62 bits per heavy atom. The van der Waals surface area contributed by atoms with Gasteiger partial charge in [-0.1, -0.05) is 70.9 Å². The molecule has 0 aromatic heterocycles. The molecule has 0 saturated heterocycles. The quantitative estimate of drug-likeness (QED) is 0.765. The van der Waals surface area contributed by atoms with Crippen molar-refractivity contribution in [3.8, 4) is 0 Å². The molecule has 0 heterocycles. The smallest absolute Gasteiger partial charge is 0.240 e. The number of hydrogen-bond acceptors (Lipinski definition) is 2. The van der Waals surface area contributed by atoms with Crippen LogP contribution in [0.5, 0.6) is 0 Å². The lowest BCUT2D eigenvalue weighted by atomic mass is 9.86. The van der Waals surface area contributed by atoms with E-state index in [2.05, 4.69) is 31.3 Å². The highest BCUT2D eigenvalue weighted by atomic mass is 16.2. The molecule has 3 heteroatoms. The summed E-state index contributed by atoms with van der Waals surface area (Å²) in [6, 6.07) is 10.2. The van der Waals surface area contributed by atoms with Gasteiger partial charge in [-0.15, -0.1) is 0 Å². The number of carbonyl (C=O) groups is 1. The SMILES string of the molecule is CCC(CC)C(NC(=O)C(N)(CC)CC)c1ccccc1. The maximum atomic E-state index is 12.6. The van der Waals surface area contributed by atoms with E-state index in [4.69, 9.17) is 5.73 Å². The normalized spacial score (nSPS) is 13.2. The Morgan fingerprint density at radius 3 is 2.05 bits per heavy atom. The van der Waals surface area contributed by atoms with Crippen molar-refractivity contribution in [1.82, 2.24) is 5.32 Å². The van der Waals surface area contributed by atoms with Gasteiger partial charge in [0.15, 0.2) is 0 Å². The number of carbonyl (C=O) groups excluding carboxylic acids is 1. The zero-order chi connectivity index (χ0) is 15.9. The molecule has 0 aliphatic carbocycles. The Balaban J connectivity index is 3.01. The third-order valence-corrected chi connectivity index (χ3v) is 4.68.